The number of amides is 3. The molecule has 0 radical (unpaired) electrons. The molecule has 1 aromatic heterocycles. The second-order valence-electron chi connectivity index (χ2n) is 9.74. The average Bonchev–Trinajstić information content (AvgIpc) is 2.90. The largest absolute Gasteiger partial charge is 0.494 e. The van der Waals surface area contributed by atoms with Crippen LogP contribution in [0.3, 0.4) is 0 Å². The van der Waals surface area contributed by atoms with Gasteiger partial charge in [-0.05, 0) is 55.2 Å². The fourth-order valence-electron chi connectivity index (χ4n) is 5.39. The first-order valence-corrected chi connectivity index (χ1v) is 12.8. The molecule has 2 aliphatic rings. The maximum atomic E-state index is 13.4. The fourth-order valence-corrected chi connectivity index (χ4v) is 5.39. The van der Waals surface area contributed by atoms with Crippen LogP contribution in [0.4, 0.5) is 10.5 Å². The number of rotatable bonds is 7. The number of hydrogen-bond donors (Lipinski definition) is 2. The van der Waals surface area contributed by atoms with Crippen LogP contribution < -0.4 is 20.9 Å². The Morgan fingerprint density at radius 2 is 1.76 bits per heavy atom. The zero-order chi connectivity index (χ0) is 25.8. The highest BCUT2D eigenvalue weighted by molar-refractivity contribution is 5.97. The lowest BCUT2D eigenvalue weighted by molar-refractivity contribution is -0.118. The third-order valence-electron chi connectivity index (χ3n) is 7.10. The van der Waals surface area contributed by atoms with Crippen molar-refractivity contribution in [2.75, 3.05) is 25.0 Å². The first kappa shape index (κ1) is 24.6. The molecule has 2 bridgehead atoms. The highest BCUT2D eigenvalue weighted by atomic mass is 16.5. The Labute approximate surface area is 216 Å². The quantitative estimate of drug-likeness (QED) is 0.518. The summed E-state index contributed by atoms with van der Waals surface area (Å²) in [6.45, 7) is 4.17. The molecule has 3 aromatic rings. The standard InChI is InChI=1S/C29H32N4O4/c1-2-37-24-13-11-23(12-14-24)30-28(35)25(16-20-7-4-3-5-8-20)31-29(36)32-17-21-15-22(19-32)26-9-6-10-27(34)33(26)18-21/h3-14,21-22,25H,2,15-19H2,1H3,(H,30,35)(H,31,36). The van der Waals surface area contributed by atoms with Crippen LogP contribution in [-0.4, -0.2) is 47.1 Å². The third kappa shape index (κ3) is 5.69. The van der Waals surface area contributed by atoms with E-state index in [1.807, 2.05) is 47.9 Å². The van der Waals surface area contributed by atoms with Crippen LogP contribution in [-0.2, 0) is 17.8 Å². The second kappa shape index (κ2) is 10.9. The van der Waals surface area contributed by atoms with E-state index in [1.54, 1.807) is 41.3 Å². The molecule has 1 saturated heterocycles. The highest BCUT2D eigenvalue weighted by Crippen LogP contribution is 2.35. The molecule has 2 N–H and O–H groups in total. The maximum Gasteiger partial charge on any atom is 0.318 e. The number of aromatic nitrogens is 1. The summed E-state index contributed by atoms with van der Waals surface area (Å²) in [5.41, 5.74) is 2.59. The molecule has 0 spiro atoms. The van der Waals surface area contributed by atoms with Gasteiger partial charge in [0.2, 0.25) is 5.91 Å². The van der Waals surface area contributed by atoms with Gasteiger partial charge >= 0.3 is 6.03 Å². The number of ether oxygens (including phenoxy) is 1. The predicted octanol–water partition coefficient (Wildman–Crippen LogP) is 3.63. The number of nitrogens with zero attached hydrogens (tertiary/aromatic N) is 2. The minimum absolute atomic E-state index is 0.0130. The van der Waals surface area contributed by atoms with Gasteiger partial charge in [-0.25, -0.2) is 4.79 Å². The number of hydrogen-bond acceptors (Lipinski definition) is 4. The number of piperidine rings is 1. The van der Waals surface area contributed by atoms with Crippen LogP contribution in [0, 0.1) is 5.92 Å². The van der Waals surface area contributed by atoms with Gasteiger partial charge in [0, 0.05) is 49.4 Å². The zero-order valence-corrected chi connectivity index (χ0v) is 20.9. The van der Waals surface area contributed by atoms with E-state index in [0.717, 1.165) is 23.4 Å². The number of benzene rings is 2. The first-order valence-electron chi connectivity index (χ1n) is 12.8. The molecule has 5 rings (SSSR count). The lowest BCUT2D eigenvalue weighted by atomic mass is 9.83. The van der Waals surface area contributed by atoms with Crippen LogP contribution in [0.15, 0.2) is 77.6 Å². The van der Waals surface area contributed by atoms with Crippen molar-refractivity contribution in [3.8, 4) is 5.75 Å². The van der Waals surface area contributed by atoms with Crippen molar-refractivity contribution in [3.63, 3.8) is 0 Å². The molecule has 0 aliphatic carbocycles. The van der Waals surface area contributed by atoms with Crippen LogP contribution >= 0.6 is 0 Å². The fraction of sp³-hybridized carbons (Fsp3) is 0.345. The minimum Gasteiger partial charge on any atom is -0.494 e. The summed E-state index contributed by atoms with van der Waals surface area (Å²) in [5, 5.41) is 5.93. The van der Waals surface area contributed by atoms with Gasteiger partial charge in [-0.1, -0.05) is 36.4 Å². The summed E-state index contributed by atoms with van der Waals surface area (Å²) < 4.78 is 7.32. The van der Waals surface area contributed by atoms with Crippen molar-refractivity contribution in [1.29, 1.82) is 0 Å². The number of carbonyl (C=O) groups excluding carboxylic acids is 2. The predicted molar refractivity (Wildman–Crippen MR) is 142 cm³/mol. The van der Waals surface area contributed by atoms with E-state index in [-0.39, 0.29) is 29.3 Å². The molecule has 1 fully saturated rings. The summed E-state index contributed by atoms with van der Waals surface area (Å²) in [6, 6.07) is 21.2. The second-order valence-corrected chi connectivity index (χ2v) is 9.74. The van der Waals surface area contributed by atoms with E-state index in [0.29, 0.717) is 38.3 Å². The van der Waals surface area contributed by atoms with E-state index < -0.39 is 6.04 Å². The molecule has 8 nitrogen and oxygen atoms in total. The molecule has 37 heavy (non-hydrogen) atoms. The van der Waals surface area contributed by atoms with Gasteiger partial charge in [-0.2, -0.15) is 0 Å². The third-order valence-corrected chi connectivity index (χ3v) is 7.10. The maximum absolute atomic E-state index is 13.4. The Kier molecular flexibility index (Phi) is 7.25. The number of urea groups is 1. The van der Waals surface area contributed by atoms with E-state index in [1.165, 1.54) is 0 Å². The lowest BCUT2D eigenvalue weighted by Gasteiger charge is -2.43. The first-order chi connectivity index (χ1) is 18.0. The molecule has 8 heteroatoms. The minimum atomic E-state index is -0.752. The Bertz CT molecular complexity index is 1310. The molecular weight excluding hydrogens is 468 g/mol. The number of fused-ring (bicyclic) bond motifs is 4. The molecular formula is C29H32N4O4. The molecule has 3 heterocycles. The monoisotopic (exact) mass is 500 g/mol. The molecule has 0 saturated carbocycles. The highest BCUT2D eigenvalue weighted by Gasteiger charge is 2.37. The average molecular weight is 501 g/mol. The van der Waals surface area contributed by atoms with Crippen molar-refractivity contribution in [2.24, 2.45) is 5.92 Å². The number of likely N-dealkylation sites (tertiary alicyclic amines) is 1. The Morgan fingerprint density at radius 1 is 0.973 bits per heavy atom. The van der Waals surface area contributed by atoms with Gasteiger partial charge in [0.1, 0.15) is 11.8 Å². The lowest BCUT2D eigenvalue weighted by Crippen LogP contribution is -2.55. The van der Waals surface area contributed by atoms with E-state index in [9.17, 15) is 14.4 Å². The summed E-state index contributed by atoms with van der Waals surface area (Å²) in [5.74, 6) is 0.768. The van der Waals surface area contributed by atoms with Gasteiger partial charge in [0.15, 0.2) is 0 Å². The normalized spacial score (nSPS) is 18.9. The molecule has 3 amide bonds. The summed E-state index contributed by atoms with van der Waals surface area (Å²) in [4.78, 5) is 40.9. The number of anilines is 1. The van der Waals surface area contributed by atoms with Crippen molar-refractivity contribution in [1.82, 2.24) is 14.8 Å². The van der Waals surface area contributed by atoms with Gasteiger partial charge in [-0.15, -0.1) is 0 Å². The van der Waals surface area contributed by atoms with Crippen molar-refractivity contribution < 1.29 is 14.3 Å². The van der Waals surface area contributed by atoms with Gasteiger partial charge < -0.3 is 24.8 Å². The zero-order valence-electron chi connectivity index (χ0n) is 20.9. The molecule has 192 valence electrons. The van der Waals surface area contributed by atoms with Crippen molar-refractivity contribution >= 4 is 17.6 Å². The van der Waals surface area contributed by atoms with Gasteiger partial charge in [-0.3, -0.25) is 9.59 Å². The number of carbonyl (C=O) groups is 2. The molecule has 3 unspecified atom stereocenters. The Hall–Kier alpha value is -4.07. The topological polar surface area (TPSA) is 92.7 Å². The van der Waals surface area contributed by atoms with E-state index in [4.69, 9.17) is 4.74 Å². The van der Waals surface area contributed by atoms with Crippen LogP contribution in [0.2, 0.25) is 0 Å². The van der Waals surface area contributed by atoms with E-state index in [2.05, 4.69) is 10.6 Å². The van der Waals surface area contributed by atoms with Crippen LogP contribution in [0.5, 0.6) is 5.75 Å². The van der Waals surface area contributed by atoms with Crippen LogP contribution in [0.25, 0.3) is 0 Å². The number of nitrogens with one attached hydrogen (secondary N) is 2. The summed E-state index contributed by atoms with van der Waals surface area (Å²) >= 11 is 0. The molecule has 2 aromatic carbocycles. The van der Waals surface area contributed by atoms with Crippen molar-refractivity contribution in [3.05, 3.63) is 94.4 Å². The summed E-state index contributed by atoms with van der Waals surface area (Å²) in [7, 11) is 0. The van der Waals surface area contributed by atoms with E-state index >= 15 is 0 Å². The smallest absolute Gasteiger partial charge is 0.318 e. The Balaban J connectivity index is 1.30. The molecule has 3 atom stereocenters. The van der Waals surface area contributed by atoms with Crippen LogP contribution in [0.1, 0.15) is 30.5 Å². The van der Waals surface area contributed by atoms with Gasteiger partial charge in [0.05, 0.1) is 6.61 Å². The Morgan fingerprint density at radius 3 is 2.51 bits per heavy atom. The van der Waals surface area contributed by atoms with Gasteiger partial charge in [0.25, 0.3) is 5.56 Å². The van der Waals surface area contributed by atoms with Crippen molar-refractivity contribution in [2.45, 2.75) is 38.3 Å². The number of pyridine rings is 1. The SMILES string of the molecule is CCOc1ccc(NC(=O)C(Cc2ccccc2)NC(=O)N2CC3CC(C2)c2cccc(=O)n2C3)cc1. The summed E-state index contributed by atoms with van der Waals surface area (Å²) in [6.07, 6.45) is 1.33. The molecule has 2 aliphatic heterocycles.